The highest BCUT2D eigenvalue weighted by atomic mass is 19.1. The molecule has 1 aliphatic heterocycles. The number of aliphatic hydroxyl groups excluding tert-OH is 1. The second kappa shape index (κ2) is 7.47. The van der Waals surface area contributed by atoms with Gasteiger partial charge in [0.1, 0.15) is 11.6 Å². The number of carbonyl (C=O) groups is 1. The molecule has 1 aromatic carbocycles. The molecule has 1 aromatic rings. The van der Waals surface area contributed by atoms with Gasteiger partial charge in [-0.15, -0.1) is 0 Å². The number of aliphatic hydroxyl groups is 1. The molecular weight excluding hydrogens is 278 g/mol. The van der Waals surface area contributed by atoms with Gasteiger partial charge in [0.2, 0.25) is 5.91 Å². The van der Waals surface area contributed by atoms with Crippen LogP contribution in [-0.2, 0) is 11.2 Å². The Morgan fingerprint density at radius 2 is 1.86 bits per heavy atom. The zero-order chi connectivity index (χ0) is 15.2. The van der Waals surface area contributed by atoms with Gasteiger partial charge in [-0.2, -0.15) is 0 Å². The van der Waals surface area contributed by atoms with E-state index in [9.17, 15) is 13.6 Å². The van der Waals surface area contributed by atoms with Crippen LogP contribution in [0.3, 0.4) is 0 Å². The molecule has 0 spiro atoms. The van der Waals surface area contributed by atoms with Crippen molar-refractivity contribution in [1.82, 2.24) is 9.80 Å². The molecule has 6 heteroatoms. The zero-order valence-electron chi connectivity index (χ0n) is 11.9. The Balaban J connectivity index is 1.97. The molecule has 0 atom stereocenters. The molecule has 1 fully saturated rings. The Hall–Kier alpha value is -1.53. The molecule has 21 heavy (non-hydrogen) atoms. The first-order chi connectivity index (χ1) is 10.1. The van der Waals surface area contributed by atoms with Crippen LogP contribution >= 0.6 is 0 Å². The highest BCUT2D eigenvalue weighted by Crippen LogP contribution is 2.14. The van der Waals surface area contributed by atoms with Gasteiger partial charge in [0.05, 0.1) is 13.0 Å². The van der Waals surface area contributed by atoms with Crippen molar-refractivity contribution >= 4 is 5.91 Å². The van der Waals surface area contributed by atoms with E-state index in [1.807, 2.05) is 0 Å². The van der Waals surface area contributed by atoms with Crippen LogP contribution in [0.1, 0.15) is 12.0 Å². The zero-order valence-corrected chi connectivity index (χ0v) is 11.9. The molecule has 1 heterocycles. The molecular formula is C15H20F2N2O2. The Morgan fingerprint density at radius 1 is 1.14 bits per heavy atom. The number of amides is 1. The summed E-state index contributed by atoms with van der Waals surface area (Å²) < 4.78 is 27.1. The fourth-order valence-electron chi connectivity index (χ4n) is 2.55. The van der Waals surface area contributed by atoms with Crippen molar-refractivity contribution in [2.24, 2.45) is 0 Å². The molecule has 1 aliphatic rings. The van der Waals surface area contributed by atoms with Gasteiger partial charge in [-0.3, -0.25) is 9.69 Å². The molecule has 0 saturated carbocycles. The molecule has 116 valence electrons. The van der Waals surface area contributed by atoms with E-state index in [-0.39, 0.29) is 24.5 Å². The van der Waals surface area contributed by atoms with Crippen LogP contribution in [0.15, 0.2) is 18.2 Å². The molecule has 0 aromatic heterocycles. The van der Waals surface area contributed by atoms with Gasteiger partial charge in [0, 0.05) is 31.7 Å². The minimum absolute atomic E-state index is 0.0917. The summed E-state index contributed by atoms with van der Waals surface area (Å²) in [5.74, 6) is -1.62. The summed E-state index contributed by atoms with van der Waals surface area (Å²) in [6, 6.07) is 3.62. The minimum atomic E-state index is -0.680. The van der Waals surface area contributed by atoms with Crippen molar-refractivity contribution in [3.63, 3.8) is 0 Å². The molecule has 2 rings (SSSR count). The predicted molar refractivity (Wildman–Crippen MR) is 74.8 cm³/mol. The number of halogens is 2. The van der Waals surface area contributed by atoms with Crippen LogP contribution in [0.25, 0.3) is 0 Å². The fourth-order valence-corrected chi connectivity index (χ4v) is 2.55. The maximum absolute atomic E-state index is 13.6. The SMILES string of the molecule is O=C(Cc1c(F)cccc1F)N1CCCN(CCO)CC1. The average molecular weight is 298 g/mol. The number of benzene rings is 1. The smallest absolute Gasteiger partial charge is 0.227 e. The fraction of sp³-hybridized carbons (Fsp3) is 0.533. The highest BCUT2D eigenvalue weighted by molar-refractivity contribution is 5.79. The van der Waals surface area contributed by atoms with Crippen LogP contribution < -0.4 is 0 Å². The quantitative estimate of drug-likeness (QED) is 0.903. The normalized spacial score (nSPS) is 16.8. The van der Waals surface area contributed by atoms with E-state index in [1.54, 1.807) is 4.90 Å². The molecule has 1 N–H and O–H groups in total. The van der Waals surface area contributed by atoms with Gasteiger partial charge in [0.25, 0.3) is 0 Å². The monoisotopic (exact) mass is 298 g/mol. The van der Waals surface area contributed by atoms with Crippen molar-refractivity contribution < 1.29 is 18.7 Å². The number of hydrogen-bond acceptors (Lipinski definition) is 3. The lowest BCUT2D eigenvalue weighted by Crippen LogP contribution is -2.37. The second-order valence-corrected chi connectivity index (χ2v) is 5.18. The third kappa shape index (κ3) is 4.22. The third-order valence-electron chi connectivity index (χ3n) is 3.75. The molecule has 1 amide bonds. The van der Waals surface area contributed by atoms with Crippen molar-refractivity contribution in [3.8, 4) is 0 Å². The predicted octanol–water partition coefficient (Wildman–Crippen LogP) is 1.03. The maximum Gasteiger partial charge on any atom is 0.227 e. The van der Waals surface area contributed by atoms with Crippen molar-refractivity contribution in [2.45, 2.75) is 12.8 Å². The maximum atomic E-state index is 13.6. The van der Waals surface area contributed by atoms with Crippen LogP contribution in [0.4, 0.5) is 8.78 Å². The average Bonchev–Trinajstić information content (AvgIpc) is 2.69. The Morgan fingerprint density at radius 3 is 2.52 bits per heavy atom. The summed E-state index contributed by atoms with van der Waals surface area (Å²) in [6.07, 6.45) is 0.546. The van der Waals surface area contributed by atoms with Crippen LogP contribution in [0.2, 0.25) is 0 Å². The van der Waals surface area contributed by atoms with E-state index in [0.717, 1.165) is 25.1 Å². The summed E-state index contributed by atoms with van der Waals surface area (Å²) in [5.41, 5.74) is -0.168. The van der Waals surface area contributed by atoms with Crippen LogP contribution in [-0.4, -0.2) is 60.1 Å². The molecule has 0 bridgehead atoms. The topological polar surface area (TPSA) is 43.8 Å². The molecule has 0 radical (unpaired) electrons. The Kier molecular flexibility index (Phi) is 5.64. The van der Waals surface area contributed by atoms with Crippen molar-refractivity contribution in [2.75, 3.05) is 39.3 Å². The van der Waals surface area contributed by atoms with E-state index < -0.39 is 11.6 Å². The molecule has 0 unspecified atom stereocenters. The van der Waals surface area contributed by atoms with Crippen LogP contribution in [0, 0.1) is 11.6 Å². The molecule has 1 saturated heterocycles. The lowest BCUT2D eigenvalue weighted by atomic mass is 10.1. The van der Waals surface area contributed by atoms with Gasteiger partial charge in [0.15, 0.2) is 0 Å². The first kappa shape index (κ1) is 15.9. The largest absolute Gasteiger partial charge is 0.395 e. The number of carbonyl (C=O) groups excluding carboxylic acids is 1. The first-order valence-corrected chi connectivity index (χ1v) is 7.15. The lowest BCUT2D eigenvalue weighted by Gasteiger charge is -2.21. The van der Waals surface area contributed by atoms with E-state index >= 15 is 0 Å². The van der Waals surface area contributed by atoms with Gasteiger partial charge in [-0.1, -0.05) is 6.07 Å². The number of hydrogen-bond donors (Lipinski definition) is 1. The second-order valence-electron chi connectivity index (χ2n) is 5.18. The standard InChI is InChI=1S/C15H20F2N2O2/c16-13-3-1-4-14(17)12(13)11-15(21)19-6-2-5-18(7-8-19)9-10-20/h1,3-4,20H,2,5-11H2. The van der Waals surface area contributed by atoms with E-state index in [1.165, 1.54) is 6.07 Å². The summed E-state index contributed by atoms with van der Waals surface area (Å²) in [4.78, 5) is 15.9. The third-order valence-corrected chi connectivity index (χ3v) is 3.75. The van der Waals surface area contributed by atoms with E-state index in [2.05, 4.69) is 4.90 Å². The van der Waals surface area contributed by atoms with Crippen LogP contribution in [0.5, 0.6) is 0 Å². The van der Waals surface area contributed by atoms with Gasteiger partial charge in [-0.05, 0) is 25.1 Å². The lowest BCUT2D eigenvalue weighted by molar-refractivity contribution is -0.130. The summed E-state index contributed by atoms with van der Waals surface area (Å²) >= 11 is 0. The molecule has 0 aliphatic carbocycles. The Bertz CT molecular complexity index is 476. The van der Waals surface area contributed by atoms with Gasteiger partial charge in [-0.25, -0.2) is 8.78 Å². The van der Waals surface area contributed by atoms with E-state index in [0.29, 0.717) is 26.2 Å². The summed E-state index contributed by atoms with van der Waals surface area (Å²) in [6.45, 7) is 3.27. The summed E-state index contributed by atoms with van der Waals surface area (Å²) in [5, 5.41) is 8.94. The van der Waals surface area contributed by atoms with Gasteiger partial charge < -0.3 is 10.0 Å². The minimum Gasteiger partial charge on any atom is -0.395 e. The summed E-state index contributed by atoms with van der Waals surface area (Å²) in [7, 11) is 0. The highest BCUT2D eigenvalue weighted by Gasteiger charge is 2.21. The number of rotatable bonds is 4. The number of β-amino-alcohol motifs (C(OH)–C–C–N with tert-alkyl or cyclic N) is 1. The van der Waals surface area contributed by atoms with Gasteiger partial charge >= 0.3 is 0 Å². The van der Waals surface area contributed by atoms with Crippen molar-refractivity contribution in [3.05, 3.63) is 35.4 Å². The Labute approximate surface area is 123 Å². The number of nitrogens with zero attached hydrogens (tertiary/aromatic N) is 2. The molecule has 4 nitrogen and oxygen atoms in total. The first-order valence-electron chi connectivity index (χ1n) is 7.15. The van der Waals surface area contributed by atoms with Crippen molar-refractivity contribution in [1.29, 1.82) is 0 Å². The van der Waals surface area contributed by atoms with E-state index in [4.69, 9.17) is 5.11 Å².